The summed E-state index contributed by atoms with van der Waals surface area (Å²) >= 11 is 0. The van der Waals surface area contributed by atoms with Gasteiger partial charge in [-0.25, -0.2) is 4.79 Å². The van der Waals surface area contributed by atoms with Gasteiger partial charge in [-0.15, -0.1) is 0 Å². The molecule has 7 nitrogen and oxygen atoms in total. The molecule has 1 atom stereocenters. The minimum absolute atomic E-state index is 0.196. The van der Waals surface area contributed by atoms with Gasteiger partial charge < -0.3 is 10.1 Å². The van der Waals surface area contributed by atoms with Gasteiger partial charge in [0.15, 0.2) is 0 Å². The largest absolute Gasteiger partial charge is 0.444 e. The molecule has 1 aromatic heterocycles. The van der Waals surface area contributed by atoms with Crippen molar-refractivity contribution in [1.82, 2.24) is 14.7 Å². The predicted octanol–water partition coefficient (Wildman–Crippen LogP) is 2.46. The number of nitrogens with zero attached hydrogens (tertiary/aromatic N) is 3. The maximum atomic E-state index is 12.6. The molecular weight excluding hydrogens is 296 g/mol. The third-order valence-corrected chi connectivity index (χ3v) is 3.69. The monoisotopic (exact) mass is 322 g/mol. The van der Waals surface area contributed by atoms with E-state index in [0.29, 0.717) is 18.8 Å². The average Bonchev–Trinajstić information content (AvgIpc) is 2.75. The van der Waals surface area contributed by atoms with Crippen LogP contribution in [-0.4, -0.2) is 44.9 Å². The first-order valence-corrected chi connectivity index (χ1v) is 7.98. The van der Waals surface area contributed by atoms with Crippen LogP contribution < -0.4 is 5.32 Å². The molecule has 1 aliphatic rings. The standard InChI is InChI=1S/C16H26N4O3/c1-11-10-13(19(5)18-11)17-14(21)12-8-6-7-9-20(12)15(22)23-16(2,3)4/h10,12H,6-9H2,1-5H3,(H,17,21)/t12-/m1/s1. The SMILES string of the molecule is Cc1cc(NC(=O)[C@H]2CCCCN2C(=O)OC(C)(C)C)n(C)n1. The van der Waals surface area contributed by atoms with E-state index >= 15 is 0 Å². The lowest BCUT2D eigenvalue weighted by Crippen LogP contribution is -2.51. The summed E-state index contributed by atoms with van der Waals surface area (Å²) in [5, 5.41) is 7.07. The molecule has 1 N–H and O–H groups in total. The van der Waals surface area contributed by atoms with Crippen molar-refractivity contribution in [1.29, 1.82) is 0 Å². The van der Waals surface area contributed by atoms with Crippen LogP contribution in [0.4, 0.5) is 10.6 Å². The van der Waals surface area contributed by atoms with Crippen molar-refractivity contribution in [3.8, 4) is 0 Å². The Morgan fingerprint density at radius 3 is 2.61 bits per heavy atom. The number of nitrogens with one attached hydrogen (secondary N) is 1. The van der Waals surface area contributed by atoms with Gasteiger partial charge >= 0.3 is 6.09 Å². The lowest BCUT2D eigenvalue weighted by atomic mass is 10.0. The van der Waals surface area contributed by atoms with E-state index in [4.69, 9.17) is 4.74 Å². The Labute approximate surface area is 137 Å². The number of anilines is 1. The summed E-state index contributed by atoms with van der Waals surface area (Å²) in [6.07, 6.45) is 2.01. The number of rotatable bonds is 2. The number of piperidine rings is 1. The zero-order valence-corrected chi connectivity index (χ0v) is 14.5. The molecule has 0 radical (unpaired) electrons. The molecule has 23 heavy (non-hydrogen) atoms. The third kappa shape index (κ3) is 4.46. The van der Waals surface area contributed by atoms with Crippen LogP contribution in [-0.2, 0) is 16.6 Å². The maximum absolute atomic E-state index is 12.6. The lowest BCUT2D eigenvalue weighted by Gasteiger charge is -2.35. The number of hydrogen-bond acceptors (Lipinski definition) is 4. The molecule has 1 fully saturated rings. The second-order valence-corrected chi connectivity index (χ2v) is 6.97. The van der Waals surface area contributed by atoms with Crippen molar-refractivity contribution in [2.45, 2.75) is 58.6 Å². The first-order valence-electron chi connectivity index (χ1n) is 7.98. The van der Waals surface area contributed by atoms with Crippen LogP contribution in [0.1, 0.15) is 45.7 Å². The summed E-state index contributed by atoms with van der Waals surface area (Å²) in [5.41, 5.74) is 0.254. The van der Waals surface area contributed by atoms with Gasteiger partial charge in [-0.3, -0.25) is 14.4 Å². The molecule has 0 aromatic carbocycles. The van der Waals surface area contributed by atoms with E-state index in [2.05, 4.69) is 10.4 Å². The fourth-order valence-corrected chi connectivity index (χ4v) is 2.68. The van der Waals surface area contributed by atoms with Crippen molar-refractivity contribution in [2.24, 2.45) is 7.05 Å². The Bertz CT molecular complexity index is 589. The summed E-state index contributed by atoms with van der Waals surface area (Å²) in [7, 11) is 1.77. The summed E-state index contributed by atoms with van der Waals surface area (Å²) < 4.78 is 7.04. The average molecular weight is 322 g/mol. The highest BCUT2D eigenvalue weighted by Gasteiger charge is 2.35. The number of carbonyl (C=O) groups is 2. The molecule has 7 heteroatoms. The highest BCUT2D eigenvalue weighted by molar-refractivity contribution is 5.96. The fourth-order valence-electron chi connectivity index (χ4n) is 2.68. The van der Waals surface area contributed by atoms with E-state index < -0.39 is 17.7 Å². The molecule has 128 valence electrons. The summed E-state index contributed by atoms with van der Waals surface area (Å²) in [6.45, 7) is 7.87. The molecule has 0 bridgehead atoms. The lowest BCUT2D eigenvalue weighted by molar-refractivity contribution is -0.122. The highest BCUT2D eigenvalue weighted by Crippen LogP contribution is 2.22. The fraction of sp³-hybridized carbons (Fsp3) is 0.688. The van der Waals surface area contributed by atoms with Crippen LogP contribution in [0.25, 0.3) is 0 Å². The van der Waals surface area contributed by atoms with Gasteiger partial charge in [0.1, 0.15) is 17.5 Å². The van der Waals surface area contributed by atoms with Gasteiger partial charge in [0, 0.05) is 19.7 Å². The maximum Gasteiger partial charge on any atom is 0.410 e. The quantitative estimate of drug-likeness (QED) is 0.907. The van der Waals surface area contributed by atoms with Gasteiger partial charge in [0.25, 0.3) is 0 Å². The smallest absolute Gasteiger partial charge is 0.410 e. The molecule has 1 saturated heterocycles. The molecular formula is C16H26N4O3. The Hall–Kier alpha value is -2.05. The normalized spacial score (nSPS) is 18.7. The zero-order valence-electron chi connectivity index (χ0n) is 14.5. The van der Waals surface area contributed by atoms with E-state index in [1.807, 2.05) is 27.7 Å². The van der Waals surface area contributed by atoms with Crippen molar-refractivity contribution in [3.63, 3.8) is 0 Å². The summed E-state index contributed by atoms with van der Waals surface area (Å²) in [6, 6.07) is 1.30. The Balaban J connectivity index is 2.09. The van der Waals surface area contributed by atoms with Crippen molar-refractivity contribution >= 4 is 17.8 Å². The van der Waals surface area contributed by atoms with E-state index in [-0.39, 0.29) is 5.91 Å². The van der Waals surface area contributed by atoms with Crippen LogP contribution >= 0.6 is 0 Å². The number of aromatic nitrogens is 2. The highest BCUT2D eigenvalue weighted by atomic mass is 16.6. The zero-order chi connectivity index (χ0) is 17.2. The number of carbonyl (C=O) groups excluding carboxylic acids is 2. The second kappa shape index (κ2) is 6.60. The molecule has 0 unspecified atom stereocenters. The van der Waals surface area contributed by atoms with Crippen molar-refractivity contribution in [3.05, 3.63) is 11.8 Å². The molecule has 0 aliphatic carbocycles. The number of aryl methyl sites for hydroxylation is 2. The van der Waals surface area contributed by atoms with Gasteiger partial charge in [0.05, 0.1) is 5.69 Å². The first kappa shape index (κ1) is 17.3. The Morgan fingerprint density at radius 2 is 2.04 bits per heavy atom. The van der Waals surface area contributed by atoms with Crippen molar-refractivity contribution < 1.29 is 14.3 Å². The van der Waals surface area contributed by atoms with Crippen LogP contribution in [0.2, 0.25) is 0 Å². The number of likely N-dealkylation sites (tertiary alicyclic amines) is 1. The van der Waals surface area contributed by atoms with Crippen LogP contribution in [0.15, 0.2) is 6.07 Å². The molecule has 1 aliphatic heterocycles. The molecule has 2 heterocycles. The molecule has 2 amide bonds. The number of hydrogen-bond donors (Lipinski definition) is 1. The Morgan fingerprint density at radius 1 is 1.35 bits per heavy atom. The molecule has 1 aromatic rings. The van der Waals surface area contributed by atoms with Crippen LogP contribution in [0.3, 0.4) is 0 Å². The minimum Gasteiger partial charge on any atom is -0.444 e. The molecule has 2 rings (SSSR count). The summed E-state index contributed by atoms with van der Waals surface area (Å²) in [4.78, 5) is 26.5. The van der Waals surface area contributed by atoms with E-state index in [9.17, 15) is 9.59 Å². The minimum atomic E-state index is -0.575. The van der Waals surface area contributed by atoms with E-state index in [1.54, 1.807) is 17.8 Å². The van der Waals surface area contributed by atoms with Gasteiger partial charge in [-0.2, -0.15) is 5.10 Å². The van der Waals surface area contributed by atoms with E-state index in [0.717, 1.165) is 18.5 Å². The van der Waals surface area contributed by atoms with Crippen LogP contribution in [0.5, 0.6) is 0 Å². The number of ether oxygens (including phenoxy) is 1. The van der Waals surface area contributed by atoms with Crippen LogP contribution in [0, 0.1) is 6.92 Å². The Kier molecular flexibility index (Phi) is 4.97. The predicted molar refractivity (Wildman–Crippen MR) is 87.2 cm³/mol. The molecule has 0 saturated carbocycles. The van der Waals surface area contributed by atoms with Gasteiger partial charge in [0.2, 0.25) is 5.91 Å². The third-order valence-electron chi connectivity index (χ3n) is 3.69. The molecule has 0 spiro atoms. The van der Waals surface area contributed by atoms with Gasteiger partial charge in [-0.05, 0) is 47.0 Å². The first-order chi connectivity index (χ1) is 10.7. The topological polar surface area (TPSA) is 76.5 Å². The summed E-state index contributed by atoms with van der Waals surface area (Å²) in [5.74, 6) is 0.431. The van der Waals surface area contributed by atoms with Crippen molar-refractivity contribution in [2.75, 3.05) is 11.9 Å². The van der Waals surface area contributed by atoms with E-state index in [1.165, 1.54) is 4.90 Å². The number of amides is 2. The van der Waals surface area contributed by atoms with Gasteiger partial charge in [-0.1, -0.05) is 0 Å². The second-order valence-electron chi connectivity index (χ2n) is 6.97.